The fraction of sp³-hybridized carbons (Fsp3) is 0.774. The lowest BCUT2D eigenvalue weighted by Gasteiger charge is -2.24. The van der Waals surface area contributed by atoms with E-state index < -0.39 is 18.2 Å². The lowest BCUT2D eigenvalue weighted by atomic mass is 10.0. The SMILES string of the molecule is CCCCC/C=C\CCCCCCCC(=O)OC(CCCCC/C=C/C=C/C=C/C=C/CCCCC)CC(=O)NC(CO)C(O)CCCCCCCCCCCCCC. The largest absolute Gasteiger partial charge is 0.462 e. The number of carbonyl (C=O) groups is 2. The van der Waals surface area contributed by atoms with Crippen LogP contribution in [0.5, 0.6) is 0 Å². The van der Waals surface area contributed by atoms with E-state index in [-0.39, 0.29) is 24.9 Å². The molecule has 0 spiro atoms. The molecule has 342 valence electrons. The van der Waals surface area contributed by atoms with Crippen molar-refractivity contribution >= 4 is 11.9 Å². The number of ether oxygens (including phenoxy) is 1. The van der Waals surface area contributed by atoms with Crippen molar-refractivity contribution in [3.63, 3.8) is 0 Å². The van der Waals surface area contributed by atoms with Crippen molar-refractivity contribution in [2.75, 3.05) is 6.61 Å². The van der Waals surface area contributed by atoms with Gasteiger partial charge in [0, 0.05) is 6.42 Å². The van der Waals surface area contributed by atoms with Gasteiger partial charge in [0.25, 0.3) is 0 Å². The zero-order valence-electron chi connectivity index (χ0n) is 38.9. The van der Waals surface area contributed by atoms with Gasteiger partial charge in [-0.25, -0.2) is 0 Å². The molecule has 0 radical (unpaired) electrons. The maximum atomic E-state index is 13.2. The molecular formula is C53H95NO5. The van der Waals surface area contributed by atoms with Crippen molar-refractivity contribution < 1.29 is 24.5 Å². The number of esters is 1. The van der Waals surface area contributed by atoms with E-state index in [9.17, 15) is 19.8 Å². The van der Waals surface area contributed by atoms with Gasteiger partial charge in [0.05, 0.1) is 25.2 Å². The highest BCUT2D eigenvalue weighted by Crippen LogP contribution is 2.17. The third-order valence-corrected chi connectivity index (χ3v) is 11.2. The predicted molar refractivity (Wildman–Crippen MR) is 255 cm³/mol. The summed E-state index contributed by atoms with van der Waals surface area (Å²) in [6.45, 7) is 6.40. The van der Waals surface area contributed by atoms with Crippen molar-refractivity contribution in [3.05, 3.63) is 60.8 Å². The van der Waals surface area contributed by atoms with E-state index in [2.05, 4.69) is 80.8 Å². The van der Waals surface area contributed by atoms with Gasteiger partial charge in [0.15, 0.2) is 0 Å². The first-order valence-corrected chi connectivity index (χ1v) is 25.1. The highest BCUT2D eigenvalue weighted by Gasteiger charge is 2.24. The standard InChI is InChI=1S/C53H95NO5/c1-4-7-10-13-16-19-22-25-26-27-28-29-32-35-38-41-44-49(59-53(58)46-43-40-37-34-31-24-21-18-15-12-9-6-3)47-52(57)54-50(48-55)51(56)45-42-39-36-33-30-23-20-17-14-11-8-5-2/h16,18-19,21-22,25-29,49-51,55-56H,4-15,17,20,23-24,30-48H2,1-3H3,(H,54,57)/b19-16+,21-18-,25-22+,27-26+,29-28+. The molecule has 0 aliphatic rings. The van der Waals surface area contributed by atoms with Gasteiger partial charge in [0.2, 0.25) is 5.91 Å². The molecule has 0 aromatic carbocycles. The number of hydrogen-bond acceptors (Lipinski definition) is 5. The summed E-state index contributed by atoms with van der Waals surface area (Å²) in [5.41, 5.74) is 0. The third-order valence-electron chi connectivity index (χ3n) is 11.2. The highest BCUT2D eigenvalue weighted by molar-refractivity contribution is 5.77. The van der Waals surface area contributed by atoms with E-state index in [0.29, 0.717) is 19.3 Å². The molecular weight excluding hydrogens is 731 g/mol. The first-order chi connectivity index (χ1) is 29.0. The summed E-state index contributed by atoms with van der Waals surface area (Å²) in [5.74, 6) is -0.523. The molecule has 6 nitrogen and oxygen atoms in total. The van der Waals surface area contributed by atoms with Crippen LogP contribution < -0.4 is 5.32 Å². The van der Waals surface area contributed by atoms with Crippen molar-refractivity contribution in [2.45, 2.75) is 257 Å². The zero-order valence-corrected chi connectivity index (χ0v) is 38.9. The molecule has 0 rings (SSSR count). The fourth-order valence-corrected chi connectivity index (χ4v) is 7.32. The number of nitrogens with one attached hydrogen (secondary N) is 1. The van der Waals surface area contributed by atoms with Crippen molar-refractivity contribution in [1.29, 1.82) is 0 Å². The summed E-state index contributed by atoms with van der Waals surface area (Å²) in [6.07, 6.45) is 57.0. The monoisotopic (exact) mass is 826 g/mol. The number of hydrogen-bond donors (Lipinski definition) is 3. The topological polar surface area (TPSA) is 95.9 Å². The van der Waals surface area contributed by atoms with Crippen LogP contribution in [0.3, 0.4) is 0 Å². The summed E-state index contributed by atoms with van der Waals surface area (Å²) in [5, 5.41) is 23.7. The summed E-state index contributed by atoms with van der Waals surface area (Å²) >= 11 is 0. The number of aliphatic hydroxyl groups excluding tert-OH is 2. The fourth-order valence-electron chi connectivity index (χ4n) is 7.32. The quantitative estimate of drug-likeness (QED) is 0.0246. The molecule has 6 heteroatoms. The third kappa shape index (κ3) is 42.1. The van der Waals surface area contributed by atoms with Gasteiger partial charge in [0.1, 0.15) is 6.10 Å². The van der Waals surface area contributed by atoms with Crippen LogP contribution in [0.4, 0.5) is 0 Å². The Morgan fingerprint density at radius 3 is 1.41 bits per heavy atom. The minimum Gasteiger partial charge on any atom is -0.462 e. The molecule has 0 aliphatic heterocycles. The van der Waals surface area contributed by atoms with Crippen LogP contribution >= 0.6 is 0 Å². The van der Waals surface area contributed by atoms with Crippen molar-refractivity contribution in [2.24, 2.45) is 0 Å². The smallest absolute Gasteiger partial charge is 0.306 e. The Balaban J connectivity index is 4.70. The molecule has 0 saturated heterocycles. The Bertz CT molecular complexity index is 1060. The van der Waals surface area contributed by atoms with Crippen LogP contribution in [0.25, 0.3) is 0 Å². The molecule has 0 aromatic rings. The van der Waals surface area contributed by atoms with Crippen LogP contribution in [0.2, 0.25) is 0 Å². The van der Waals surface area contributed by atoms with Gasteiger partial charge in [-0.3, -0.25) is 9.59 Å². The lowest BCUT2D eigenvalue weighted by Crippen LogP contribution is -2.46. The molecule has 0 fully saturated rings. The predicted octanol–water partition coefficient (Wildman–Crippen LogP) is 14.8. The van der Waals surface area contributed by atoms with E-state index in [1.54, 1.807) is 0 Å². The van der Waals surface area contributed by atoms with Gasteiger partial charge < -0.3 is 20.3 Å². The van der Waals surface area contributed by atoms with Crippen LogP contribution in [0.15, 0.2) is 60.8 Å². The molecule has 59 heavy (non-hydrogen) atoms. The number of allylic oxidation sites excluding steroid dienone is 10. The number of carbonyl (C=O) groups excluding carboxylic acids is 2. The van der Waals surface area contributed by atoms with E-state index in [4.69, 9.17) is 4.74 Å². The minimum absolute atomic E-state index is 0.0473. The van der Waals surface area contributed by atoms with Gasteiger partial charge in [-0.15, -0.1) is 0 Å². The molecule has 1 amide bonds. The van der Waals surface area contributed by atoms with Crippen LogP contribution in [0.1, 0.15) is 239 Å². The van der Waals surface area contributed by atoms with Crippen molar-refractivity contribution in [3.8, 4) is 0 Å². The van der Waals surface area contributed by atoms with E-state index in [1.165, 1.54) is 116 Å². The first-order valence-electron chi connectivity index (χ1n) is 25.1. The molecule has 0 saturated carbocycles. The van der Waals surface area contributed by atoms with Gasteiger partial charge in [-0.1, -0.05) is 210 Å². The second-order valence-electron chi connectivity index (χ2n) is 17.0. The Labute approximate surface area is 365 Å². The summed E-state index contributed by atoms with van der Waals surface area (Å²) < 4.78 is 5.90. The second-order valence-corrected chi connectivity index (χ2v) is 17.0. The van der Waals surface area contributed by atoms with E-state index in [1.807, 2.05) is 6.08 Å². The average Bonchev–Trinajstić information content (AvgIpc) is 3.23. The molecule has 0 aromatic heterocycles. The number of amides is 1. The normalized spacial score (nSPS) is 13.8. The molecule has 3 N–H and O–H groups in total. The Morgan fingerprint density at radius 2 is 0.881 bits per heavy atom. The number of rotatable bonds is 44. The van der Waals surface area contributed by atoms with Crippen LogP contribution in [0, 0.1) is 0 Å². The van der Waals surface area contributed by atoms with E-state index >= 15 is 0 Å². The van der Waals surface area contributed by atoms with Gasteiger partial charge >= 0.3 is 5.97 Å². The average molecular weight is 826 g/mol. The highest BCUT2D eigenvalue weighted by atomic mass is 16.5. The van der Waals surface area contributed by atoms with Crippen LogP contribution in [-0.4, -0.2) is 46.9 Å². The maximum Gasteiger partial charge on any atom is 0.306 e. The number of aliphatic hydroxyl groups is 2. The van der Waals surface area contributed by atoms with Crippen LogP contribution in [-0.2, 0) is 14.3 Å². The van der Waals surface area contributed by atoms with Crippen molar-refractivity contribution in [1.82, 2.24) is 5.32 Å². The van der Waals surface area contributed by atoms with Gasteiger partial charge in [-0.05, 0) is 77.0 Å². The Kier molecular flexibility index (Phi) is 44.7. The number of unbranched alkanes of at least 4 members (excludes halogenated alkanes) is 25. The maximum absolute atomic E-state index is 13.2. The minimum atomic E-state index is -0.800. The summed E-state index contributed by atoms with van der Waals surface area (Å²) in [7, 11) is 0. The molecule has 3 unspecified atom stereocenters. The Hall–Kier alpha value is -2.44. The first kappa shape index (κ1) is 56.6. The summed E-state index contributed by atoms with van der Waals surface area (Å²) in [4.78, 5) is 26.1. The summed E-state index contributed by atoms with van der Waals surface area (Å²) in [6, 6.07) is -0.716. The van der Waals surface area contributed by atoms with E-state index in [0.717, 1.165) is 77.0 Å². The Morgan fingerprint density at radius 1 is 0.492 bits per heavy atom. The molecule has 0 bridgehead atoms. The molecule has 0 aliphatic carbocycles. The molecule has 3 atom stereocenters. The molecule has 0 heterocycles. The van der Waals surface area contributed by atoms with Gasteiger partial charge in [-0.2, -0.15) is 0 Å². The second kappa shape index (κ2) is 46.6. The lowest BCUT2D eigenvalue weighted by molar-refractivity contribution is -0.151. The zero-order chi connectivity index (χ0) is 43.1.